The number of nitrogens with zero attached hydrogens (tertiary/aromatic N) is 1. The van der Waals surface area contributed by atoms with Gasteiger partial charge in [0.05, 0.1) is 24.4 Å². The Balaban J connectivity index is 1.12. The van der Waals surface area contributed by atoms with E-state index in [1.165, 1.54) is 17.6 Å². The molecule has 0 aromatic heterocycles. The lowest BCUT2D eigenvalue weighted by Gasteiger charge is -2.37. The number of amides is 1. The lowest BCUT2D eigenvalue weighted by Crippen LogP contribution is -2.29. The van der Waals surface area contributed by atoms with E-state index in [1.54, 1.807) is 11.8 Å². The number of nitrogens with one attached hydrogen (secondary N) is 2. The molecule has 1 heterocycles. The van der Waals surface area contributed by atoms with Crippen LogP contribution in [0, 0.1) is 5.92 Å². The van der Waals surface area contributed by atoms with E-state index in [-0.39, 0.29) is 23.8 Å². The molecular weight excluding hydrogens is 554 g/mol. The smallest absolute Gasteiger partial charge is 0.337 e. The van der Waals surface area contributed by atoms with E-state index in [0.29, 0.717) is 17.0 Å². The number of methoxy groups -OCH3 is 1. The van der Waals surface area contributed by atoms with Crippen LogP contribution in [0.2, 0.25) is 0 Å². The number of hydrogen-bond donors (Lipinski definition) is 2. The van der Waals surface area contributed by atoms with Crippen LogP contribution in [0.5, 0.6) is 0 Å². The molecule has 2 N–H and O–H groups in total. The molecule has 1 amide bonds. The monoisotopic (exact) mass is 587 g/mol. The fourth-order valence-electron chi connectivity index (χ4n) is 5.79. The van der Waals surface area contributed by atoms with Gasteiger partial charge in [-0.1, -0.05) is 60.7 Å². The highest BCUT2D eigenvalue weighted by atomic mass is 32.2. The number of anilines is 1. The molecule has 3 atom stereocenters. The van der Waals surface area contributed by atoms with Gasteiger partial charge in [-0.2, -0.15) is 5.10 Å². The molecule has 0 fully saturated rings. The average molecular weight is 588 g/mol. The Morgan fingerprint density at radius 1 is 0.930 bits per heavy atom. The van der Waals surface area contributed by atoms with Crippen LogP contribution in [0.15, 0.2) is 119 Å². The highest BCUT2D eigenvalue weighted by Gasteiger charge is 2.38. The predicted molar refractivity (Wildman–Crippen MR) is 173 cm³/mol. The molecular formula is C36H33N3O3S. The zero-order valence-electron chi connectivity index (χ0n) is 24.1. The van der Waals surface area contributed by atoms with E-state index in [1.807, 2.05) is 79.7 Å². The molecule has 7 heteroatoms. The maximum Gasteiger partial charge on any atom is 0.337 e. The van der Waals surface area contributed by atoms with Crippen LogP contribution in [0.3, 0.4) is 0 Å². The van der Waals surface area contributed by atoms with Gasteiger partial charge in [-0.25, -0.2) is 10.2 Å². The summed E-state index contributed by atoms with van der Waals surface area (Å²) >= 11 is 1.77. The fourth-order valence-corrected chi connectivity index (χ4v) is 6.67. The second-order valence-corrected chi connectivity index (χ2v) is 11.9. The van der Waals surface area contributed by atoms with Crippen molar-refractivity contribution in [2.75, 3.05) is 12.4 Å². The Kier molecular flexibility index (Phi) is 8.43. The number of carbonyl (C=O) groups excluding carboxylic acids is 2. The third-order valence-electron chi connectivity index (χ3n) is 8.16. The molecule has 0 radical (unpaired) electrons. The van der Waals surface area contributed by atoms with Gasteiger partial charge in [-0.05, 0) is 90.0 Å². The van der Waals surface area contributed by atoms with Crippen LogP contribution in [0.4, 0.5) is 5.69 Å². The number of thioether (sulfide) groups is 1. The van der Waals surface area contributed by atoms with Crippen molar-refractivity contribution >= 4 is 35.0 Å². The summed E-state index contributed by atoms with van der Waals surface area (Å²) in [5, 5.41) is 8.17. The van der Waals surface area contributed by atoms with E-state index in [2.05, 4.69) is 52.3 Å². The molecule has 0 bridgehead atoms. The summed E-state index contributed by atoms with van der Waals surface area (Å²) in [5.41, 5.74) is 10.2. The van der Waals surface area contributed by atoms with Gasteiger partial charge < -0.3 is 10.1 Å². The normalized spacial score (nSPS) is 18.7. The zero-order valence-corrected chi connectivity index (χ0v) is 24.9. The minimum absolute atomic E-state index is 0.127. The minimum Gasteiger partial charge on any atom is -0.465 e. The van der Waals surface area contributed by atoms with E-state index in [0.717, 1.165) is 40.3 Å². The molecule has 0 unspecified atom stereocenters. The zero-order chi connectivity index (χ0) is 29.8. The average Bonchev–Trinajstić information content (AvgIpc) is 3.56. The molecule has 4 aromatic carbocycles. The number of allylic oxidation sites excluding steroid dienone is 2. The first-order valence-electron chi connectivity index (χ1n) is 14.4. The molecule has 0 spiro atoms. The van der Waals surface area contributed by atoms with Gasteiger partial charge in [0.25, 0.3) is 5.91 Å². The molecule has 4 aromatic rings. The minimum atomic E-state index is -0.332. The lowest BCUT2D eigenvalue weighted by molar-refractivity contribution is 0.0600. The SMILES string of the molecule is COC(=O)c1ccc([C@@H]2Nc3ccc(/C(C)=N\NC(=O)c4ccc(CSc5ccccc5)cc4)cc3[C@@H]3C=CC[C@@H]32)cc1. The van der Waals surface area contributed by atoms with E-state index >= 15 is 0 Å². The molecule has 0 saturated heterocycles. The van der Waals surface area contributed by atoms with Gasteiger partial charge in [-0.15, -0.1) is 11.8 Å². The second kappa shape index (κ2) is 12.7. The molecule has 2 aliphatic rings. The first-order valence-corrected chi connectivity index (χ1v) is 15.4. The Bertz CT molecular complexity index is 1680. The first kappa shape index (κ1) is 28.5. The van der Waals surface area contributed by atoms with Crippen LogP contribution in [-0.4, -0.2) is 24.7 Å². The summed E-state index contributed by atoms with van der Waals surface area (Å²) in [4.78, 5) is 25.9. The van der Waals surface area contributed by atoms with Crippen molar-refractivity contribution in [2.45, 2.75) is 36.0 Å². The van der Waals surface area contributed by atoms with Gasteiger partial charge in [-0.3, -0.25) is 4.79 Å². The molecule has 1 aliphatic carbocycles. The molecule has 6 nitrogen and oxygen atoms in total. The van der Waals surface area contributed by atoms with Gasteiger partial charge in [0.2, 0.25) is 0 Å². The van der Waals surface area contributed by atoms with Gasteiger partial charge >= 0.3 is 5.97 Å². The van der Waals surface area contributed by atoms with Crippen LogP contribution in [0.1, 0.15) is 68.3 Å². The Hall–Kier alpha value is -4.62. The van der Waals surface area contributed by atoms with Crippen molar-refractivity contribution in [1.29, 1.82) is 0 Å². The summed E-state index contributed by atoms with van der Waals surface area (Å²) in [6.07, 6.45) is 5.51. The number of carbonyl (C=O) groups is 2. The second-order valence-electron chi connectivity index (χ2n) is 10.8. The molecule has 43 heavy (non-hydrogen) atoms. The molecule has 1 aliphatic heterocycles. The Morgan fingerprint density at radius 3 is 2.40 bits per heavy atom. The van der Waals surface area contributed by atoms with E-state index in [9.17, 15) is 9.59 Å². The third kappa shape index (κ3) is 6.27. The largest absolute Gasteiger partial charge is 0.465 e. The van der Waals surface area contributed by atoms with Crippen molar-refractivity contribution in [2.24, 2.45) is 11.0 Å². The van der Waals surface area contributed by atoms with Crippen LogP contribution < -0.4 is 10.7 Å². The highest BCUT2D eigenvalue weighted by Crippen LogP contribution is 2.50. The third-order valence-corrected chi connectivity index (χ3v) is 9.24. The summed E-state index contributed by atoms with van der Waals surface area (Å²) in [5.74, 6) is 0.901. The first-order chi connectivity index (χ1) is 21.0. The standard InChI is InChI=1S/C36H33N3O3S/c1-23(38-39-35(40)26-13-11-24(12-14-26)22-43-29-7-4-3-5-8-29)28-19-20-33-32(21-28)30-9-6-10-31(30)34(37-33)25-15-17-27(18-16-25)36(41)42-2/h3-9,11-21,30-31,34,37H,10,22H2,1-2H3,(H,39,40)/b38-23-/t30-,31+,34+/m1/s1. The summed E-state index contributed by atoms with van der Waals surface area (Å²) in [6.45, 7) is 1.91. The van der Waals surface area contributed by atoms with Crippen molar-refractivity contribution in [3.8, 4) is 0 Å². The Labute approximate surface area is 256 Å². The van der Waals surface area contributed by atoms with Crippen LogP contribution in [-0.2, 0) is 10.5 Å². The molecule has 6 rings (SSSR count). The van der Waals surface area contributed by atoms with E-state index in [4.69, 9.17) is 4.74 Å². The van der Waals surface area contributed by atoms with Crippen LogP contribution >= 0.6 is 11.8 Å². The van der Waals surface area contributed by atoms with Crippen LogP contribution in [0.25, 0.3) is 0 Å². The number of esters is 1. The van der Waals surface area contributed by atoms with Crippen molar-refractivity contribution in [3.63, 3.8) is 0 Å². The van der Waals surface area contributed by atoms with Gasteiger partial charge in [0, 0.05) is 27.8 Å². The maximum absolute atomic E-state index is 12.8. The lowest BCUT2D eigenvalue weighted by atomic mass is 9.76. The Morgan fingerprint density at radius 2 is 1.65 bits per heavy atom. The number of hydrogen-bond acceptors (Lipinski definition) is 6. The van der Waals surface area contributed by atoms with Gasteiger partial charge in [0.15, 0.2) is 0 Å². The van der Waals surface area contributed by atoms with Crippen molar-refractivity contribution in [3.05, 3.63) is 143 Å². The number of ether oxygens (including phenoxy) is 1. The quantitative estimate of drug-likeness (QED) is 0.0725. The summed E-state index contributed by atoms with van der Waals surface area (Å²) in [7, 11) is 1.39. The van der Waals surface area contributed by atoms with Crippen molar-refractivity contribution < 1.29 is 14.3 Å². The number of hydrazone groups is 1. The predicted octanol–water partition coefficient (Wildman–Crippen LogP) is 7.75. The molecule has 216 valence electrons. The van der Waals surface area contributed by atoms with Gasteiger partial charge in [0.1, 0.15) is 0 Å². The summed E-state index contributed by atoms with van der Waals surface area (Å²) in [6, 6.07) is 32.1. The summed E-state index contributed by atoms with van der Waals surface area (Å²) < 4.78 is 4.85. The number of rotatable bonds is 8. The van der Waals surface area contributed by atoms with E-state index < -0.39 is 0 Å². The van der Waals surface area contributed by atoms with Crippen molar-refractivity contribution in [1.82, 2.24) is 5.43 Å². The highest BCUT2D eigenvalue weighted by molar-refractivity contribution is 7.98. The molecule has 0 saturated carbocycles. The number of benzene rings is 4. The maximum atomic E-state index is 12.8. The number of fused-ring (bicyclic) bond motifs is 3. The topological polar surface area (TPSA) is 79.8 Å². The fraction of sp³-hybridized carbons (Fsp3) is 0.194.